The first kappa shape index (κ1) is 30.1. The summed E-state index contributed by atoms with van der Waals surface area (Å²) in [4.78, 5) is 12.6. The molecule has 3 aromatic carbocycles. The molecule has 42 heavy (non-hydrogen) atoms. The number of hydrogen-bond acceptors (Lipinski definition) is 4. The van der Waals surface area contributed by atoms with Crippen molar-refractivity contribution in [3.05, 3.63) is 82.7 Å². The molecule has 1 spiro atoms. The fraction of sp³-hybridized carbons (Fsp3) is 0.486. The van der Waals surface area contributed by atoms with Gasteiger partial charge in [0, 0.05) is 11.0 Å². The van der Waals surface area contributed by atoms with E-state index in [1.807, 2.05) is 12.1 Å². The van der Waals surface area contributed by atoms with Crippen LogP contribution in [0.2, 0.25) is 0 Å². The van der Waals surface area contributed by atoms with E-state index in [0.29, 0.717) is 17.9 Å². The first-order chi connectivity index (χ1) is 20.1. The molecular formula is C37H45FO4. The van der Waals surface area contributed by atoms with Crippen LogP contribution in [0, 0.1) is 17.2 Å². The second-order valence-electron chi connectivity index (χ2n) is 13.2. The molecular weight excluding hydrogens is 527 g/mol. The summed E-state index contributed by atoms with van der Waals surface area (Å²) in [6.45, 7) is 9.38. The molecule has 5 heteroatoms. The molecule has 4 nitrogen and oxygen atoms in total. The number of aryl methyl sites for hydroxylation is 1. The third kappa shape index (κ3) is 5.67. The monoisotopic (exact) mass is 572 g/mol. The maximum Gasteiger partial charge on any atom is 0.309 e. The van der Waals surface area contributed by atoms with E-state index in [9.17, 15) is 4.79 Å². The highest BCUT2D eigenvalue weighted by Crippen LogP contribution is 2.56. The lowest BCUT2D eigenvalue weighted by Gasteiger charge is -2.51. The lowest BCUT2D eigenvalue weighted by Crippen LogP contribution is -2.50. The number of carbonyl (C=O) groups excluding carboxylic acids is 1. The quantitative estimate of drug-likeness (QED) is 0.240. The minimum Gasteiger partial charge on any atom is -0.497 e. The Bertz CT molecular complexity index is 1440. The summed E-state index contributed by atoms with van der Waals surface area (Å²) in [5.74, 6) is 1.27. The van der Waals surface area contributed by atoms with Gasteiger partial charge < -0.3 is 14.2 Å². The molecule has 0 heterocycles. The van der Waals surface area contributed by atoms with E-state index in [0.717, 1.165) is 67.4 Å². The van der Waals surface area contributed by atoms with E-state index >= 15 is 4.39 Å². The molecule has 0 radical (unpaired) electrons. The number of methoxy groups -OCH3 is 2. The minimum atomic E-state index is -0.255. The summed E-state index contributed by atoms with van der Waals surface area (Å²) in [5.41, 5.74) is 6.08. The highest BCUT2D eigenvalue weighted by Gasteiger charge is 2.53. The van der Waals surface area contributed by atoms with Gasteiger partial charge >= 0.3 is 5.97 Å². The van der Waals surface area contributed by atoms with E-state index in [4.69, 9.17) is 14.2 Å². The lowest BCUT2D eigenvalue weighted by molar-refractivity contribution is -0.153. The Morgan fingerprint density at radius 2 is 1.79 bits per heavy atom. The maximum atomic E-state index is 15.2. The second-order valence-corrected chi connectivity index (χ2v) is 13.2. The number of ether oxygens (including phenoxy) is 3. The predicted octanol–water partition coefficient (Wildman–Crippen LogP) is 9.17. The molecule has 0 amide bonds. The lowest BCUT2D eigenvalue weighted by atomic mass is 9.52. The summed E-state index contributed by atoms with van der Waals surface area (Å²) in [5, 5.41) is 0. The van der Waals surface area contributed by atoms with Crippen molar-refractivity contribution < 1.29 is 23.4 Å². The van der Waals surface area contributed by atoms with E-state index in [1.165, 1.54) is 24.3 Å². The van der Waals surface area contributed by atoms with Gasteiger partial charge in [-0.15, -0.1) is 0 Å². The Morgan fingerprint density at radius 3 is 2.45 bits per heavy atom. The van der Waals surface area contributed by atoms with Crippen molar-refractivity contribution in [1.29, 1.82) is 0 Å². The molecule has 3 atom stereocenters. The van der Waals surface area contributed by atoms with Gasteiger partial charge in [-0.25, -0.2) is 4.39 Å². The zero-order chi connectivity index (χ0) is 30.1. The highest BCUT2D eigenvalue weighted by molar-refractivity contribution is 5.76. The second kappa shape index (κ2) is 12.1. The SMILES string of the molecule is CCC[C@@H](c1cc(COc2ccc3c(c2)[C@@]2(CCC3)CC[C@H]2C(=O)OC)ccc1-c1cc(OC)ccc1F)C(C)(C)C. The highest BCUT2D eigenvalue weighted by atomic mass is 19.1. The number of fused-ring (bicyclic) bond motifs is 2. The average Bonchev–Trinajstić information content (AvgIpc) is 2.97. The predicted molar refractivity (Wildman–Crippen MR) is 166 cm³/mol. The summed E-state index contributed by atoms with van der Waals surface area (Å²) >= 11 is 0. The fourth-order valence-corrected chi connectivity index (χ4v) is 7.38. The topological polar surface area (TPSA) is 44.8 Å². The van der Waals surface area contributed by atoms with Gasteiger partial charge in [-0.3, -0.25) is 4.79 Å². The van der Waals surface area contributed by atoms with E-state index in [-0.39, 0.29) is 34.5 Å². The van der Waals surface area contributed by atoms with Crippen LogP contribution in [-0.4, -0.2) is 20.2 Å². The van der Waals surface area contributed by atoms with Crippen LogP contribution >= 0.6 is 0 Å². The van der Waals surface area contributed by atoms with Crippen molar-refractivity contribution in [3.8, 4) is 22.6 Å². The van der Waals surface area contributed by atoms with Crippen molar-refractivity contribution in [1.82, 2.24) is 0 Å². The molecule has 0 unspecified atom stereocenters. The maximum absolute atomic E-state index is 15.2. The molecule has 5 rings (SSSR count). The van der Waals surface area contributed by atoms with Crippen LogP contribution in [0.5, 0.6) is 11.5 Å². The normalized spacial score (nSPS) is 20.4. The third-order valence-corrected chi connectivity index (χ3v) is 9.70. The van der Waals surface area contributed by atoms with Crippen LogP contribution in [0.1, 0.15) is 94.4 Å². The Balaban J connectivity index is 1.47. The molecule has 0 aliphatic heterocycles. The summed E-state index contributed by atoms with van der Waals surface area (Å²) in [7, 11) is 3.10. The Labute approximate surface area is 250 Å². The molecule has 0 N–H and O–H groups in total. The summed E-state index contributed by atoms with van der Waals surface area (Å²) in [6.07, 6.45) is 7.07. The van der Waals surface area contributed by atoms with Crippen molar-refractivity contribution in [2.24, 2.45) is 11.3 Å². The number of benzene rings is 3. The molecule has 3 aromatic rings. The van der Waals surface area contributed by atoms with Crippen LogP contribution in [0.25, 0.3) is 11.1 Å². The molecule has 1 fully saturated rings. The van der Waals surface area contributed by atoms with E-state index in [1.54, 1.807) is 19.2 Å². The van der Waals surface area contributed by atoms with Crippen molar-refractivity contribution in [3.63, 3.8) is 0 Å². The van der Waals surface area contributed by atoms with Gasteiger partial charge in [-0.2, -0.15) is 0 Å². The van der Waals surface area contributed by atoms with Crippen molar-refractivity contribution in [2.45, 2.75) is 90.6 Å². The molecule has 0 aromatic heterocycles. The number of halogens is 1. The molecule has 1 saturated carbocycles. The number of hydrogen-bond donors (Lipinski definition) is 0. The van der Waals surface area contributed by atoms with Gasteiger partial charge in [-0.1, -0.05) is 58.4 Å². The van der Waals surface area contributed by atoms with Crippen LogP contribution in [0.3, 0.4) is 0 Å². The van der Waals surface area contributed by atoms with E-state index in [2.05, 4.69) is 52.0 Å². The Hall–Kier alpha value is -3.34. The Morgan fingerprint density at radius 1 is 1.00 bits per heavy atom. The number of carbonyl (C=O) groups is 1. The molecule has 0 bridgehead atoms. The van der Waals surface area contributed by atoms with Crippen molar-refractivity contribution in [2.75, 3.05) is 14.2 Å². The molecule has 224 valence electrons. The van der Waals surface area contributed by atoms with Gasteiger partial charge in [0.25, 0.3) is 0 Å². The summed E-state index contributed by atoms with van der Waals surface area (Å²) in [6, 6.07) is 17.6. The number of esters is 1. The van der Waals surface area contributed by atoms with Crippen molar-refractivity contribution >= 4 is 5.97 Å². The van der Waals surface area contributed by atoms with Crippen LogP contribution in [-0.2, 0) is 28.0 Å². The first-order valence-corrected chi connectivity index (χ1v) is 15.4. The smallest absolute Gasteiger partial charge is 0.309 e. The third-order valence-electron chi connectivity index (χ3n) is 9.70. The van der Waals surface area contributed by atoms with Crippen LogP contribution in [0.15, 0.2) is 54.6 Å². The first-order valence-electron chi connectivity index (χ1n) is 15.4. The van der Waals surface area contributed by atoms with Gasteiger partial charge in [0.05, 0.1) is 20.1 Å². The standard InChI is InChI=1S/C37H45FO4/c1-7-9-31(36(2,3)4)29-20-24(11-15-28(29)30-21-26(40-5)14-16-34(30)38)23-42-27-13-12-25-10-8-18-37(33(25)22-27)19-17-32(37)35(39)41-6/h11-16,20-22,31-32H,7-10,17-19,23H2,1-6H3/t31-,32-,37-/m0/s1. The fourth-order valence-electron chi connectivity index (χ4n) is 7.38. The molecule has 2 aliphatic carbocycles. The average molecular weight is 573 g/mol. The van der Waals surface area contributed by atoms with Gasteiger partial charge in [-0.05, 0) is 108 Å². The van der Waals surface area contributed by atoms with Gasteiger partial charge in [0.2, 0.25) is 0 Å². The van der Waals surface area contributed by atoms with E-state index < -0.39 is 0 Å². The molecule has 0 saturated heterocycles. The van der Waals surface area contributed by atoms with Crippen LogP contribution < -0.4 is 9.47 Å². The largest absolute Gasteiger partial charge is 0.497 e. The van der Waals surface area contributed by atoms with Gasteiger partial charge in [0.15, 0.2) is 0 Å². The zero-order valence-corrected chi connectivity index (χ0v) is 26.0. The molecule has 2 aliphatic rings. The number of rotatable bonds is 9. The van der Waals surface area contributed by atoms with Crippen LogP contribution in [0.4, 0.5) is 4.39 Å². The van der Waals surface area contributed by atoms with Gasteiger partial charge in [0.1, 0.15) is 23.9 Å². The Kier molecular flexibility index (Phi) is 8.68. The zero-order valence-electron chi connectivity index (χ0n) is 26.0. The summed E-state index contributed by atoms with van der Waals surface area (Å²) < 4.78 is 32.2. The minimum absolute atomic E-state index is 0.00858.